The molecule has 2 aromatic rings. The number of hydrazine groups is 1. The van der Waals surface area contributed by atoms with Gasteiger partial charge < -0.3 is 0 Å². The number of nitrogens with zero attached hydrogens (tertiary/aromatic N) is 2. The second kappa shape index (κ2) is 5.31. The van der Waals surface area contributed by atoms with Crippen LogP contribution in [0.3, 0.4) is 0 Å². The summed E-state index contributed by atoms with van der Waals surface area (Å²) in [5.41, 5.74) is 5.47. The van der Waals surface area contributed by atoms with Crippen molar-refractivity contribution in [3.05, 3.63) is 30.0 Å². The van der Waals surface area contributed by atoms with Gasteiger partial charge in [-0.15, -0.1) is 0 Å². The second-order valence-corrected chi connectivity index (χ2v) is 6.42. The van der Waals surface area contributed by atoms with Gasteiger partial charge in [0.15, 0.2) is 0 Å². The third-order valence-electron chi connectivity index (χ3n) is 3.37. The number of hydrogen-bond acceptors (Lipinski definition) is 3. The fraction of sp³-hybridized carbons (Fsp3) is 0.533. The largest absolute Gasteiger partial charge is 0.271 e. The Labute approximate surface area is 114 Å². The zero-order valence-corrected chi connectivity index (χ0v) is 12.3. The van der Waals surface area contributed by atoms with E-state index in [1.807, 2.05) is 17.8 Å². The zero-order chi connectivity index (χ0) is 14.0. The van der Waals surface area contributed by atoms with Crippen LogP contribution in [0.15, 0.2) is 24.3 Å². The van der Waals surface area contributed by atoms with Crippen LogP contribution in [0.1, 0.15) is 32.9 Å². The van der Waals surface area contributed by atoms with Crippen molar-refractivity contribution in [2.75, 3.05) is 0 Å². The van der Waals surface area contributed by atoms with E-state index < -0.39 is 0 Å². The molecule has 3 N–H and O–H groups in total. The summed E-state index contributed by atoms with van der Waals surface area (Å²) < 4.78 is 1.94. The molecular formula is C15H24N4. The molecule has 0 amide bonds. The van der Waals surface area contributed by atoms with Crippen molar-refractivity contribution < 1.29 is 0 Å². The maximum Gasteiger partial charge on any atom is 0.0719 e. The molecule has 1 unspecified atom stereocenters. The number of benzene rings is 1. The van der Waals surface area contributed by atoms with Crippen molar-refractivity contribution >= 4 is 10.9 Å². The van der Waals surface area contributed by atoms with Crippen LogP contribution < -0.4 is 11.3 Å². The standard InChI is InChI=1S/C15H24N4/c1-15(2,3)10-11(17-16)9-13-12-7-5-6-8-14(12)19(4)18-13/h5-8,11,17H,9-10,16H2,1-4H3. The number of para-hydroxylation sites is 1. The quantitative estimate of drug-likeness (QED) is 0.655. The Kier molecular flexibility index (Phi) is 3.92. The van der Waals surface area contributed by atoms with Gasteiger partial charge in [0.1, 0.15) is 0 Å². The van der Waals surface area contributed by atoms with E-state index >= 15 is 0 Å². The van der Waals surface area contributed by atoms with Crippen LogP contribution in [-0.4, -0.2) is 15.8 Å². The van der Waals surface area contributed by atoms with Crippen molar-refractivity contribution in [3.8, 4) is 0 Å². The van der Waals surface area contributed by atoms with Crippen LogP contribution in [0, 0.1) is 5.41 Å². The minimum absolute atomic E-state index is 0.248. The second-order valence-electron chi connectivity index (χ2n) is 6.42. The number of nitrogens with two attached hydrogens (primary N) is 1. The van der Waals surface area contributed by atoms with E-state index in [4.69, 9.17) is 5.84 Å². The first kappa shape index (κ1) is 14.0. The summed E-state index contributed by atoms with van der Waals surface area (Å²) in [6, 6.07) is 8.57. The molecule has 0 fully saturated rings. The summed E-state index contributed by atoms with van der Waals surface area (Å²) in [4.78, 5) is 0. The molecule has 0 aliphatic carbocycles. The molecule has 0 spiro atoms. The van der Waals surface area contributed by atoms with E-state index in [1.54, 1.807) is 0 Å². The van der Waals surface area contributed by atoms with Crippen molar-refractivity contribution in [2.45, 2.75) is 39.7 Å². The molecule has 0 saturated carbocycles. The Bertz CT molecular complexity index is 551. The fourth-order valence-corrected chi connectivity index (χ4v) is 2.60. The number of aromatic nitrogens is 2. The van der Waals surface area contributed by atoms with Crippen molar-refractivity contribution in [3.63, 3.8) is 0 Å². The SMILES string of the molecule is Cn1nc(CC(CC(C)(C)C)NN)c2ccccc21. The molecule has 1 atom stereocenters. The lowest BCUT2D eigenvalue weighted by atomic mass is 9.86. The van der Waals surface area contributed by atoms with Crippen LogP contribution in [0.5, 0.6) is 0 Å². The molecule has 0 aliphatic rings. The van der Waals surface area contributed by atoms with Gasteiger partial charge in [0.05, 0.1) is 11.2 Å². The molecule has 2 rings (SSSR count). The molecule has 0 bridgehead atoms. The molecule has 1 heterocycles. The summed E-state index contributed by atoms with van der Waals surface area (Å²) in [5, 5.41) is 5.85. The molecule has 1 aromatic heterocycles. The van der Waals surface area contributed by atoms with Crippen molar-refractivity contribution in [2.24, 2.45) is 18.3 Å². The summed E-state index contributed by atoms with van der Waals surface area (Å²) in [6.45, 7) is 6.69. The molecule has 0 radical (unpaired) electrons. The summed E-state index contributed by atoms with van der Waals surface area (Å²) in [7, 11) is 1.99. The van der Waals surface area contributed by atoms with E-state index in [0.29, 0.717) is 0 Å². The van der Waals surface area contributed by atoms with Gasteiger partial charge in [-0.1, -0.05) is 39.0 Å². The van der Waals surface area contributed by atoms with Gasteiger partial charge in [0.25, 0.3) is 0 Å². The minimum atomic E-state index is 0.248. The first-order valence-electron chi connectivity index (χ1n) is 6.77. The predicted molar refractivity (Wildman–Crippen MR) is 79.6 cm³/mol. The van der Waals surface area contributed by atoms with Crippen LogP contribution in [0.25, 0.3) is 10.9 Å². The Morgan fingerprint density at radius 3 is 2.63 bits per heavy atom. The monoisotopic (exact) mass is 260 g/mol. The van der Waals surface area contributed by atoms with E-state index in [1.165, 1.54) is 10.9 Å². The first-order chi connectivity index (χ1) is 8.90. The maximum absolute atomic E-state index is 5.69. The van der Waals surface area contributed by atoms with Gasteiger partial charge in [-0.2, -0.15) is 5.10 Å². The van der Waals surface area contributed by atoms with Gasteiger partial charge in [-0.3, -0.25) is 16.0 Å². The van der Waals surface area contributed by atoms with Gasteiger partial charge in [-0.05, 0) is 17.9 Å². The van der Waals surface area contributed by atoms with E-state index in [2.05, 4.69) is 49.5 Å². The van der Waals surface area contributed by atoms with Crippen molar-refractivity contribution in [1.82, 2.24) is 15.2 Å². The number of rotatable bonds is 4. The number of aryl methyl sites for hydroxylation is 1. The van der Waals surface area contributed by atoms with Crippen LogP contribution in [0.2, 0.25) is 0 Å². The highest BCUT2D eigenvalue weighted by atomic mass is 15.3. The Morgan fingerprint density at radius 1 is 1.32 bits per heavy atom. The highest BCUT2D eigenvalue weighted by Crippen LogP contribution is 2.24. The number of nitrogens with one attached hydrogen (secondary N) is 1. The molecular weight excluding hydrogens is 236 g/mol. The van der Waals surface area contributed by atoms with Crippen LogP contribution in [0.4, 0.5) is 0 Å². The molecule has 0 aliphatic heterocycles. The van der Waals surface area contributed by atoms with Gasteiger partial charge in [0, 0.05) is 24.9 Å². The molecule has 4 nitrogen and oxygen atoms in total. The smallest absolute Gasteiger partial charge is 0.0719 e. The topological polar surface area (TPSA) is 55.9 Å². The minimum Gasteiger partial charge on any atom is -0.271 e. The lowest BCUT2D eigenvalue weighted by Gasteiger charge is -2.25. The fourth-order valence-electron chi connectivity index (χ4n) is 2.60. The third kappa shape index (κ3) is 3.33. The maximum atomic E-state index is 5.69. The highest BCUT2D eigenvalue weighted by molar-refractivity contribution is 5.81. The Hall–Kier alpha value is -1.39. The lowest BCUT2D eigenvalue weighted by molar-refractivity contribution is 0.307. The molecule has 4 heteroatoms. The van der Waals surface area contributed by atoms with Gasteiger partial charge >= 0.3 is 0 Å². The summed E-state index contributed by atoms with van der Waals surface area (Å²) >= 11 is 0. The number of fused-ring (bicyclic) bond motifs is 1. The molecule has 1 aromatic carbocycles. The lowest BCUT2D eigenvalue weighted by Crippen LogP contribution is -2.39. The van der Waals surface area contributed by atoms with Crippen LogP contribution in [-0.2, 0) is 13.5 Å². The van der Waals surface area contributed by atoms with E-state index in [0.717, 1.165) is 18.5 Å². The first-order valence-corrected chi connectivity index (χ1v) is 6.77. The molecule has 19 heavy (non-hydrogen) atoms. The molecule has 104 valence electrons. The normalized spacial score (nSPS) is 13.9. The van der Waals surface area contributed by atoms with Crippen LogP contribution >= 0.6 is 0 Å². The molecule has 0 saturated heterocycles. The average molecular weight is 260 g/mol. The van der Waals surface area contributed by atoms with E-state index in [9.17, 15) is 0 Å². The Morgan fingerprint density at radius 2 is 2.00 bits per heavy atom. The van der Waals surface area contributed by atoms with Gasteiger partial charge in [0.2, 0.25) is 0 Å². The Balaban J connectivity index is 2.25. The average Bonchev–Trinajstić information content (AvgIpc) is 2.65. The highest BCUT2D eigenvalue weighted by Gasteiger charge is 2.20. The third-order valence-corrected chi connectivity index (χ3v) is 3.37. The van der Waals surface area contributed by atoms with Gasteiger partial charge in [-0.25, -0.2) is 0 Å². The zero-order valence-electron chi connectivity index (χ0n) is 12.3. The summed E-state index contributed by atoms with van der Waals surface area (Å²) in [5.74, 6) is 5.69. The van der Waals surface area contributed by atoms with E-state index in [-0.39, 0.29) is 11.5 Å². The number of hydrogen-bond donors (Lipinski definition) is 2. The predicted octanol–water partition coefficient (Wildman–Crippen LogP) is 2.38. The van der Waals surface area contributed by atoms with Crippen molar-refractivity contribution in [1.29, 1.82) is 0 Å². The summed E-state index contributed by atoms with van der Waals surface area (Å²) in [6.07, 6.45) is 1.88.